The van der Waals surface area contributed by atoms with E-state index >= 15 is 0 Å². The number of hydrogen-bond acceptors (Lipinski definition) is 3. The van der Waals surface area contributed by atoms with Crippen LogP contribution in [0.3, 0.4) is 0 Å². The van der Waals surface area contributed by atoms with Gasteiger partial charge >= 0.3 is 0 Å². The van der Waals surface area contributed by atoms with Crippen molar-refractivity contribution in [1.82, 2.24) is 4.98 Å². The molecule has 82 valence electrons. The Morgan fingerprint density at radius 1 is 1.60 bits per heavy atom. The highest BCUT2D eigenvalue weighted by molar-refractivity contribution is 5.34. The molecule has 1 atom stereocenters. The number of halogens is 1. The summed E-state index contributed by atoms with van der Waals surface area (Å²) in [4.78, 5) is 3.73. The maximum atomic E-state index is 12.8. The predicted octanol–water partition coefficient (Wildman–Crippen LogP) is 2.20. The van der Waals surface area contributed by atoms with Gasteiger partial charge in [-0.05, 0) is 31.9 Å². The summed E-state index contributed by atoms with van der Waals surface area (Å²) in [5.74, 6) is 0.101. The summed E-state index contributed by atoms with van der Waals surface area (Å²) in [5.41, 5.74) is -0.131. The molecule has 1 aromatic rings. The Labute approximate surface area is 88.7 Å². The van der Waals surface area contributed by atoms with E-state index in [1.807, 2.05) is 0 Å². The van der Waals surface area contributed by atoms with Gasteiger partial charge in [0.2, 0.25) is 5.95 Å². The fourth-order valence-corrected chi connectivity index (χ4v) is 1.76. The van der Waals surface area contributed by atoms with Gasteiger partial charge in [-0.15, -0.1) is 0 Å². The number of anilines is 1. The summed E-state index contributed by atoms with van der Waals surface area (Å²) in [6.07, 6.45) is 2.13. The summed E-state index contributed by atoms with van der Waals surface area (Å²) in [7, 11) is 0. The zero-order valence-electron chi connectivity index (χ0n) is 8.79. The second-order valence-electron chi connectivity index (χ2n) is 4.10. The molecular formula is C11H15FN2O. The first-order chi connectivity index (χ1) is 7.18. The molecule has 0 spiro atoms. The highest BCUT2D eigenvalue weighted by atomic mass is 19.1. The number of nitrogens with zero attached hydrogens (tertiary/aromatic N) is 1. The average molecular weight is 210 g/mol. The van der Waals surface area contributed by atoms with Crippen LogP contribution >= 0.6 is 0 Å². The van der Waals surface area contributed by atoms with Crippen molar-refractivity contribution >= 4 is 5.82 Å². The molecule has 15 heavy (non-hydrogen) atoms. The van der Waals surface area contributed by atoms with Crippen LogP contribution < -0.4 is 5.32 Å². The van der Waals surface area contributed by atoms with Gasteiger partial charge in [-0.2, -0.15) is 4.39 Å². The third-order valence-electron chi connectivity index (χ3n) is 2.66. The molecule has 0 radical (unpaired) electrons. The fraction of sp³-hybridized carbons (Fsp3) is 0.545. The Kier molecular flexibility index (Phi) is 2.86. The minimum absolute atomic E-state index is 0.131. The van der Waals surface area contributed by atoms with Crippen LogP contribution in [0.2, 0.25) is 0 Å². The van der Waals surface area contributed by atoms with Gasteiger partial charge in [0.15, 0.2) is 0 Å². The maximum absolute atomic E-state index is 12.8. The molecule has 0 bridgehead atoms. The van der Waals surface area contributed by atoms with Crippen LogP contribution in [0.15, 0.2) is 18.2 Å². The van der Waals surface area contributed by atoms with Crippen molar-refractivity contribution in [2.24, 2.45) is 0 Å². The van der Waals surface area contributed by atoms with E-state index in [9.17, 15) is 4.39 Å². The Hall–Kier alpha value is -1.16. The minimum atomic E-state index is -0.461. The van der Waals surface area contributed by atoms with Crippen LogP contribution in [0, 0.1) is 5.95 Å². The predicted molar refractivity (Wildman–Crippen MR) is 56.3 cm³/mol. The number of pyridine rings is 1. The molecule has 1 aliphatic heterocycles. The van der Waals surface area contributed by atoms with Crippen LogP contribution in [0.25, 0.3) is 0 Å². The molecule has 1 N–H and O–H groups in total. The number of rotatable bonds is 3. The molecule has 1 saturated heterocycles. The second kappa shape index (κ2) is 4.14. The van der Waals surface area contributed by atoms with E-state index in [0.29, 0.717) is 12.4 Å². The fourth-order valence-electron chi connectivity index (χ4n) is 1.76. The van der Waals surface area contributed by atoms with Crippen molar-refractivity contribution in [3.63, 3.8) is 0 Å². The molecular weight excluding hydrogens is 195 g/mol. The van der Waals surface area contributed by atoms with Crippen molar-refractivity contribution in [3.8, 4) is 0 Å². The lowest BCUT2D eigenvalue weighted by molar-refractivity contribution is 0.0314. The van der Waals surface area contributed by atoms with Gasteiger partial charge in [0.25, 0.3) is 0 Å². The summed E-state index contributed by atoms with van der Waals surface area (Å²) in [6.45, 7) is 3.55. The summed E-state index contributed by atoms with van der Waals surface area (Å²) >= 11 is 0. The zero-order chi connectivity index (χ0) is 10.7. The third-order valence-corrected chi connectivity index (χ3v) is 2.66. The van der Waals surface area contributed by atoms with E-state index in [2.05, 4.69) is 17.2 Å². The third kappa shape index (κ3) is 2.65. The van der Waals surface area contributed by atoms with Crippen molar-refractivity contribution in [2.75, 3.05) is 18.5 Å². The molecule has 0 saturated carbocycles. The first-order valence-corrected chi connectivity index (χ1v) is 5.18. The van der Waals surface area contributed by atoms with Crippen molar-refractivity contribution in [3.05, 3.63) is 24.1 Å². The molecule has 0 amide bonds. The number of aromatic nitrogens is 1. The molecule has 1 aliphatic rings. The average Bonchev–Trinajstić information content (AvgIpc) is 2.63. The van der Waals surface area contributed by atoms with Gasteiger partial charge in [-0.1, -0.05) is 6.07 Å². The highest BCUT2D eigenvalue weighted by Gasteiger charge is 2.29. The van der Waals surface area contributed by atoms with Gasteiger partial charge in [0, 0.05) is 13.2 Å². The molecule has 2 heterocycles. The number of nitrogens with one attached hydrogen (secondary N) is 1. The molecule has 1 aromatic heterocycles. The lowest BCUT2D eigenvalue weighted by atomic mass is 10.0. The Bertz CT molecular complexity index is 337. The highest BCUT2D eigenvalue weighted by Crippen LogP contribution is 2.25. The monoisotopic (exact) mass is 210 g/mol. The summed E-state index contributed by atoms with van der Waals surface area (Å²) < 4.78 is 18.4. The molecule has 2 rings (SSSR count). The van der Waals surface area contributed by atoms with Crippen LogP contribution in [0.4, 0.5) is 10.2 Å². The van der Waals surface area contributed by atoms with Gasteiger partial charge < -0.3 is 10.1 Å². The molecule has 0 aromatic carbocycles. The normalized spacial score (nSPS) is 25.5. The SMILES string of the molecule is CC1(CNc2cccc(F)n2)CCCO1. The van der Waals surface area contributed by atoms with Crippen LogP contribution in [-0.4, -0.2) is 23.7 Å². The van der Waals surface area contributed by atoms with Crippen LogP contribution in [0.1, 0.15) is 19.8 Å². The van der Waals surface area contributed by atoms with Crippen molar-refractivity contribution in [1.29, 1.82) is 0 Å². The zero-order valence-corrected chi connectivity index (χ0v) is 8.79. The Balaban J connectivity index is 1.92. The van der Waals surface area contributed by atoms with E-state index in [0.717, 1.165) is 19.4 Å². The van der Waals surface area contributed by atoms with Crippen molar-refractivity contribution in [2.45, 2.75) is 25.4 Å². The van der Waals surface area contributed by atoms with E-state index in [1.54, 1.807) is 12.1 Å². The minimum Gasteiger partial charge on any atom is -0.373 e. The largest absolute Gasteiger partial charge is 0.373 e. The van der Waals surface area contributed by atoms with E-state index in [4.69, 9.17) is 4.74 Å². The lowest BCUT2D eigenvalue weighted by Crippen LogP contribution is -2.32. The van der Waals surface area contributed by atoms with Gasteiger partial charge in [-0.25, -0.2) is 4.98 Å². The maximum Gasteiger partial charge on any atom is 0.214 e. The van der Waals surface area contributed by atoms with Crippen LogP contribution in [-0.2, 0) is 4.74 Å². The molecule has 3 nitrogen and oxygen atoms in total. The summed E-state index contributed by atoms with van der Waals surface area (Å²) in [5, 5.41) is 3.09. The molecule has 1 unspecified atom stereocenters. The van der Waals surface area contributed by atoms with Crippen LogP contribution in [0.5, 0.6) is 0 Å². The first kappa shape index (κ1) is 10.4. The number of hydrogen-bond donors (Lipinski definition) is 1. The van der Waals surface area contributed by atoms with Gasteiger partial charge in [-0.3, -0.25) is 0 Å². The molecule has 0 aliphatic carbocycles. The topological polar surface area (TPSA) is 34.2 Å². The Morgan fingerprint density at radius 3 is 3.13 bits per heavy atom. The quantitative estimate of drug-likeness (QED) is 0.776. The van der Waals surface area contributed by atoms with Crippen molar-refractivity contribution < 1.29 is 9.13 Å². The second-order valence-corrected chi connectivity index (χ2v) is 4.10. The van der Waals surface area contributed by atoms with Gasteiger partial charge in [0.05, 0.1) is 5.60 Å². The van der Waals surface area contributed by atoms with Gasteiger partial charge in [0.1, 0.15) is 5.82 Å². The molecule has 4 heteroatoms. The van der Waals surface area contributed by atoms with E-state index in [-0.39, 0.29) is 5.60 Å². The number of ether oxygens (including phenoxy) is 1. The van der Waals surface area contributed by atoms with E-state index < -0.39 is 5.95 Å². The summed E-state index contributed by atoms with van der Waals surface area (Å²) in [6, 6.07) is 4.73. The van der Waals surface area contributed by atoms with E-state index in [1.165, 1.54) is 6.07 Å². The molecule has 1 fully saturated rings. The Morgan fingerprint density at radius 2 is 2.47 bits per heavy atom. The lowest BCUT2D eigenvalue weighted by Gasteiger charge is -2.23. The first-order valence-electron chi connectivity index (χ1n) is 5.18. The standard InChI is InChI=1S/C11H15FN2O/c1-11(6-3-7-15-11)8-13-10-5-2-4-9(12)14-10/h2,4-5H,3,6-8H2,1H3,(H,13,14). The smallest absolute Gasteiger partial charge is 0.214 e.